The lowest BCUT2D eigenvalue weighted by molar-refractivity contribution is -0.448. The van der Waals surface area contributed by atoms with Crippen LogP contribution >= 0.6 is 0 Å². The van der Waals surface area contributed by atoms with Gasteiger partial charge in [0.25, 0.3) is 0 Å². The molecule has 1 aliphatic carbocycles. The lowest BCUT2D eigenvalue weighted by Gasteiger charge is -2.53. The van der Waals surface area contributed by atoms with E-state index in [1.54, 1.807) is 21.0 Å². The zero-order chi connectivity index (χ0) is 14.1. The van der Waals surface area contributed by atoms with Crippen LogP contribution in [-0.2, 0) is 18.9 Å². The van der Waals surface area contributed by atoms with Crippen molar-refractivity contribution >= 4 is 0 Å². The van der Waals surface area contributed by atoms with Gasteiger partial charge in [-0.05, 0) is 25.8 Å². The SMILES string of the molecule is CO[C@@]1(C)O[C@@H]2[C@@H](N=[N+]=[N-])C=CC[C@H]2O[C@]1(C)OC. The third-order valence-corrected chi connectivity index (χ3v) is 3.93. The lowest BCUT2D eigenvalue weighted by Crippen LogP contribution is -2.67. The quantitative estimate of drug-likeness (QED) is 0.340. The molecule has 7 heteroatoms. The number of ether oxygens (including phenoxy) is 4. The maximum atomic E-state index is 8.62. The third kappa shape index (κ3) is 2.24. The molecule has 0 unspecified atom stereocenters. The lowest BCUT2D eigenvalue weighted by atomic mass is 9.93. The minimum absolute atomic E-state index is 0.228. The molecule has 0 bridgehead atoms. The van der Waals surface area contributed by atoms with E-state index in [0.717, 1.165) is 0 Å². The molecule has 106 valence electrons. The predicted octanol–water partition coefficient (Wildman–Crippen LogP) is 2.13. The fourth-order valence-corrected chi connectivity index (χ4v) is 2.47. The van der Waals surface area contributed by atoms with Crippen LogP contribution in [0.3, 0.4) is 0 Å². The number of rotatable bonds is 3. The first-order valence-corrected chi connectivity index (χ1v) is 6.16. The summed E-state index contributed by atoms with van der Waals surface area (Å²) in [7, 11) is 3.08. The van der Waals surface area contributed by atoms with E-state index in [2.05, 4.69) is 10.0 Å². The fourth-order valence-electron chi connectivity index (χ4n) is 2.47. The van der Waals surface area contributed by atoms with Gasteiger partial charge in [-0.25, -0.2) is 0 Å². The normalized spacial score (nSPS) is 45.4. The van der Waals surface area contributed by atoms with E-state index in [1.165, 1.54) is 7.11 Å². The Morgan fingerprint density at radius 2 is 1.89 bits per heavy atom. The molecule has 1 heterocycles. The molecule has 5 atom stereocenters. The highest BCUT2D eigenvalue weighted by Crippen LogP contribution is 2.42. The highest BCUT2D eigenvalue weighted by Gasteiger charge is 2.57. The molecular weight excluding hydrogens is 250 g/mol. The van der Waals surface area contributed by atoms with Gasteiger partial charge in [-0.2, -0.15) is 0 Å². The average molecular weight is 269 g/mol. The van der Waals surface area contributed by atoms with Crippen LogP contribution in [0.2, 0.25) is 0 Å². The highest BCUT2D eigenvalue weighted by atomic mass is 16.8. The summed E-state index contributed by atoms with van der Waals surface area (Å²) >= 11 is 0. The minimum Gasteiger partial charge on any atom is -0.349 e. The second-order valence-corrected chi connectivity index (χ2v) is 4.90. The molecule has 0 radical (unpaired) electrons. The van der Waals surface area contributed by atoms with Gasteiger partial charge >= 0.3 is 0 Å². The van der Waals surface area contributed by atoms with Crippen LogP contribution in [0.5, 0.6) is 0 Å². The number of methoxy groups -OCH3 is 2. The Balaban J connectivity index is 2.32. The minimum atomic E-state index is -1.07. The van der Waals surface area contributed by atoms with Crippen molar-refractivity contribution in [2.24, 2.45) is 5.11 Å². The Bertz CT molecular complexity index is 423. The second-order valence-electron chi connectivity index (χ2n) is 4.90. The van der Waals surface area contributed by atoms with Crippen LogP contribution in [-0.4, -0.2) is 44.0 Å². The molecule has 2 rings (SSSR count). The van der Waals surface area contributed by atoms with Gasteiger partial charge in [0.05, 0.1) is 18.2 Å². The summed E-state index contributed by atoms with van der Waals surface area (Å²) in [5, 5.41) is 3.73. The molecule has 19 heavy (non-hydrogen) atoms. The van der Waals surface area contributed by atoms with Crippen LogP contribution in [0.25, 0.3) is 10.4 Å². The van der Waals surface area contributed by atoms with E-state index in [9.17, 15) is 0 Å². The maximum absolute atomic E-state index is 8.62. The van der Waals surface area contributed by atoms with Crippen molar-refractivity contribution in [3.63, 3.8) is 0 Å². The van der Waals surface area contributed by atoms with Crippen molar-refractivity contribution in [1.82, 2.24) is 0 Å². The summed E-state index contributed by atoms with van der Waals surface area (Å²) in [6.45, 7) is 3.52. The van der Waals surface area contributed by atoms with Crippen molar-refractivity contribution in [3.05, 3.63) is 22.6 Å². The summed E-state index contributed by atoms with van der Waals surface area (Å²) in [6, 6.07) is -0.403. The molecule has 0 saturated carbocycles. The van der Waals surface area contributed by atoms with E-state index >= 15 is 0 Å². The second kappa shape index (κ2) is 5.11. The Labute approximate surface area is 112 Å². The van der Waals surface area contributed by atoms with Crippen LogP contribution in [0.1, 0.15) is 20.3 Å². The molecule has 0 spiro atoms. The smallest absolute Gasteiger partial charge is 0.220 e. The molecule has 0 aromatic heterocycles. The van der Waals surface area contributed by atoms with Crippen LogP contribution < -0.4 is 0 Å². The van der Waals surface area contributed by atoms with Gasteiger partial charge in [0.1, 0.15) is 0 Å². The number of hydrogen-bond acceptors (Lipinski definition) is 5. The predicted molar refractivity (Wildman–Crippen MR) is 67.3 cm³/mol. The van der Waals surface area contributed by atoms with Gasteiger partial charge in [-0.1, -0.05) is 17.3 Å². The number of azide groups is 1. The van der Waals surface area contributed by atoms with Crippen LogP contribution in [0.15, 0.2) is 17.3 Å². The average Bonchev–Trinajstić information content (AvgIpc) is 2.41. The summed E-state index contributed by atoms with van der Waals surface area (Å²) in [6.07, 6.45) is 3.83. The van der Waals surface area contributed by atoms with Crippen molar-refractivity contribution in [2.45, 2.75) is 50.1 Å². The molecular formula is C12H19N3O4. The Morgan fingerprint density at radius 3 is 2.47 bits per heavy atom. The molecule has 0 N–H and O–H groups in total. The molecule has 0 aromatic rings. The van der Waals surface area contributed by atoms with Gasteiger partial charge in [-0.3, -0.25) is 0 Å². The Morgan fingerprint density at radius 1 is 1.26 bits per heavy atom. The first-order chi connectivity index (χ1) is 8.99. The zero-order valence-electron chi connectivity index (χ0n) is 11.6. The van der Waals surface area contributed by atoms with Crippen LogP contribution in [0.4, 0.5) is 0 Å². The largest absolute Gasteiger partial charge is 0.349 e. The summed E-state index contributed by atoms with van der Waals surface area (Å²) < 4.78 is 22.9. The van der Waals surface area contributed by atoms with E-state index in [-0.39, 0.29) is 12.2 Å². The number of hydrogen-bond donors (Lipinski definition) is 0. The van der Waals surface area contributed by atoms with E-state index in [4.69, 9.17) is 24.5 Å². The molecule has 0 aromatic carbocycles. The summed E-state index contributed by atoms with van der Waals surface area (Å²) in [5.74, 6) is -2.09. The van der Waals surface area contributed by atoms with Crippen molar-refractivity contribution in [1.29, 1.82) is 0 Å². The number of fused-ring (bicyclic) bond motifs is 1. The molecule has 7 nitrogen and oxygen atoms in total. The Kier molecular flexibility index (Phi) is 3.85. The summed E-state index contributed by atoms with van der Waals surface area (Å²) in [5.41, 5.74) is 8.62. The molecule has 1 aliphatic heterocycles. The van der Waals surface area contributed by atoms with Crippen LogP contribution in [0, 0.1) is 0 Å². The van der Waals surface area contributed by atoms with E-state index in [0.29, 0.717) is 6.42 Å². The van der Waals surface area contributed by atoms with Crippen molar-refractivity contribution in [3.8, 4) is 0 Å². The summed E-state index contributed by atoms with van der Waals surface area (Å²) in [4.78, 5) is 2.85. The standard InChI is InChI=1S/C12H19N3O4/c1-11(16-3)12(2,17-4)19-10-8(14-15-13)6-5-7-9(10)18-11/h5-6,8-10H,7H2,1-4H3/t8-,9+,10+,11-,12-/m0/s1. The third-order valence-electron chi connectivity index (χ3n) is 3.93. The van der Waals surface area contributed by atoms with Gasteiger partial charge in [0, 0.05) is 19.1 Å². The molecule has 0 amide bonds. The first-order valence-electron chi connectivity index (χ1n) is 6.16. The number of nitrogens with zero attached hydrogens (tertiary/aromatic N) is 3. The van der Waals surface area contributed by atoms with E-state index in [1.807, 2.05) is 12.2 Å². The van der Waals surface area contributed by atoms with Crippen molar-refractivity contribution in [2.75, 3.05) is 14.2 Å². The molecule has 2 aliphatic rings. The molecule has 1 saturated heterocycles. The van der Waals surface area contributed by atoms with Gasteiger partial charge in [-0.15, -0.1) is 0 Å². The van der Waals surface area contributed by atoms with Gasteiger partial charge in [0.15, 0.2) is 0 Å². The zero-order valence-corrected chi connectivity index (χ0v) is 11.6. The van der Waals surface area contributed by atoms with Gasteiger partial charge in [0.2, 0.25) is 11.6 Å². The Hall–Kier alpha value is -1.11. The highest BCUT2D eigenvalue weighted by molar-refractivity contribution is 5.10. The van der Waals surface area contributed by atoms with Gasteiger partial charge < -0.3 is 18.9 Å². The molecule has 1 fully saturated rings. The first kappa shape index (κ1) is 14.3. The fraction of sp³-hybridized carbons (Fsp3) is 0.833. The topological polar surface area (TPSA) is 85.7 Å². The van der Waals surface area contributed by atoms with Crippen molar-refractivity contribution < 1.29 is 18.9 Å². The van der Waals surface area contributed by atoms with E-state index < -0.39 is 17.6 Å². The maximum Gasteiger partial charge on any atom is 0.220 e. The monoisotopic (exact) mass is 269 g/mol.